The fraction of sp³-hybridized carbons (Fsp3) is 0.211. The van der Waals surface area contributed by atoms with Crippen molar-refractivity contribution in [2.75, 3.05) is 0 Å². The third kappa shape index (κ3) is 5.29. The molecule has 0 aliphatic carbocycles. The Morgan fingerprint density at radius 1 is 0.789 bits per heavy atom. The summed E-state index contributed by atoms with van der Waals surface area (Å²) < 4.78 is 173. The van der Waals surface area contributed by atoms with E-state index in [0.29, 0.717) is 0 Å². The molecule has 0 spiro atoms. The molecular weight excluding hydrogens is 613 g/mol. The van der Waals surface area contributed by atoms with Gasteiger partial charge in [-0.15, -0.1) is 0 Å². The quantitative estimate of drug-likeness (QED) is 0.166. The van der Waals surface area contributed by atoms with Gasteiger partial charge in [0.2, 0.25) is 11.7 Å². The van der Waals surface area contributed by atoms with Crippen LogP contribution in [0.25, 0.3) is 5.69 Å². The maximum absolute atomic E-state index is 14.3. The number of aryl methyl sites for hydroxylation is 1. The van der Waals surface area contributed by atoms with E-state index in [1.54, 1.807) is 0 Å². The number of carbonyl (C=O) groups excluding carboxylic acids is 1. The van der Waals surface area contributed by atoms with Crippen molar-refractivity contribution < 1.29 is 84.0 Å². The zero-order chi connectivity index (χ0) is 28.4. The number of nitrogens with zero attached hydrogens (tertiary/aromatic N) is 3. The molecule has 0 bridgehead atoms. The van der Waals surface area contributed by atoms with Crippen LogP contribution in [0.5, 0.6) is 5.88 Å². The number of hydrogen-bond acceptors (Lipinski definition) is 4. The van der Waals surface area contributed by atoms with Gasteiger partial charge in [-0.25, -0.2) is 22.5 Å². The smallest absolute Gasteiger partial charge is 0.433 e. The number of ketones is 1. The van der Waals surface area contributed by atoms with Crippen LogP contribution in [0.15, 0.2) is 12.1 Å². The van der Waals surface area contributed by atoms with E-state index in [2.05, 4.69) is 10.1 Å². The van der Waals surface area contributed by atoms with Gasteiger partial charge in [0.25, 0.3) is 0 Å². The Hall–Kier alpha value is -3.34. The molecule has 3 rings (SSSR count). The molecule has 0 aliphatic rings. The van der Waals surface area contributed by atoms with Gasteiger partial charge >= 0.3 is 18.5 Å². The molecule has 0 fully saturated rings. The van der Waals surface area contributed by atoms with Crippen LogP contribution in [0.3, 0.4) is 0 Å². The summed E-state index contributed by atoms with van der Waals surface area (Å²) in [4.78, 5) is 15.1. The third-order valence-corrected chi connectivity index (χ3v) is 4.67. The minimum Gasteiger partial charge on any atom is -0.493 e. The maximum atomic E-state index is 14.3. The number of alkyl halides is 9. The number of hydrogen-bond donors (Lipinski definition) is 1. The monoisotopic (exact) mass is 618 g/mol. The average molecular weight is 619 g/mol. The Balaban J connectivity index is 0.00000507. The Kier molecular flexibility index (Phi) is 7.93. The van der Waals surface area contributed by atoms with Gasteiger partial charge in [-0.2, -0.15) is 49.3 Å². The summed E-state index contributed by atoms with van der Waals surface area (Å²) >= 11 is 0. The molecule has 0 aliphatic heterocycles. The standard InChI is InChI=1S/C19H6F13N3O2.Cu/c1-4-8(15(36)5-2-6(17(24,25)26)33-7(3-5)18(27,28)29)16(37)35(34-4)14-12(22)10(20)9(19(30,31)32)11(21)13(14)23;/h2-3,37H,1H3;. The Morgan fingerprint density at radius 3 is 1.58 bits per heavy atom. The molecular formula is C19H6CuF13N3O2. The number of aromatic nitrogens is 3. The zero-order valence-corrected chi connectivity index (χ0v) is 18.5. The molecule has 0 atom stereocenters. The van der Waals surface area contributed by atoms with E-state index in [1.165, 1.54) is 0 Å². The largest absolute Gasteiger partial charge is 0.493 e. The predicted octanol–water partition coefficient (Wildman–Crippen LogP) is 6.12. The van der Waals surface area contributed by atoms with Crippen molar-refractivity contribution in [3.8, 4) is 11.6 Å². The molecule has 5 nitrogen and oxygen atoms in total. The Bertz CT molecular complexity index is 1360. The van der Waals surface area contributed by atoms with E-state index < -0.39 is 97.6 Å². The summed E-state index contributed by atoms with van der Waals surface area (Å²) in [7, 11) is 0. The number of carbonyl (C=O) groups is 1. The molecule has 1 aromatic carbocycles. The fourth-order valence-electron chi connectivity index (χ4n) is 3.09. The molecule has 38 heavy (non-hydrogen) atoms. The molecule has 3 aromatic rings. The van der Waals surface area contributed by atoms with Gasteiger partial charge < -0.3 is 5.11 Å². The zero-order valence-electron chi connectivity index (χ0n) is 17.6. The van der Waals surface area contributed by atoms with E-state index in [1.807, 2.05) is 0 Å². The van der Waals surface area contributed by atoms with E-state index in [0.717, 1.165) is 6.92 Å². The van der Waals surface area contributed by atoms with Crippen molar-refractivity contribution in [2.45, 2.75) is 25.5 Å². The molecule has 0 amide bonds. The van der Waals surface area contributed by atoms with Crippen LogP contribution >= 0.6 is 0 Å². The van der Waals surface area contributed by atoms with Crippen LogP contribution in [0.1, 0.15) is 38.6 Å². The molecule has 0 saturated heterocycles. The van der Waals surface area contributed by atoms with E-state index in [-0.39, 0.29) is 29.2 Å². The van der Waals surface area contributed by atoms with Gasteiger partial charge in [-0.05, 0) is 19.1 Å². The van der Waals surface area contributed by atoms with E-state index >= 15 is 0 Å². The Labute approximate surface area is 211 Å². The number of pyridine rings is 1. The average Bonchev–Trinajstić information content (AvgIpc) is 3.03. The van der Waals surface area contributed by atoms with Gasteiger partial charge in [0.1, 0.15) is 28.2 Å². The van der Waals surface area contributed by atoms with Gasteiger partial charge in [0.05, 0.1) is 5.69 Å². The molecule has 19 heteroatoms. The molecule has 1 radical (unpaired) electrons. The van der Waals surface area contributed by atoms with Crippen LogP contribution in [-0.2, 0) is 35.6 Å². The summed E-state index contributed by atoms with van der Waals surface area (Å²) in [6, 6.07) is -0.321. The number of benzene rings is 1. The van der Waals surface area contributed by atoms with Crippen LogP contribution in [0.2, 0.25) is 0 Å². The maximum Gasteiger partial charge on any atom is 0.433 e. The first-order valence-corrected chi connectivity index (χ1v) is 9.11. The number of rotatable bonds is 3. The number of aromatic hydroxyl groups is 1. The molecule has 2 heterocycles. The molecule has 1 N–H and O–H groups in total. The van der Waals surface area contributed by atoms with Crippen molar-refractivity contribution >= 4 is 5.78 Å². The predicted molar refractivity (Wildman–Crippen MR) is 92.5 cm³/mol. The first-order chi connectivity index (χ1) is 16.7. The van der Waals surface area contributed by atoms with Gasteiger partial charge in [0.15, 0.2) is 23.3 Å². The normalized spacial score (nSPS) is 12.5. The van der Waals surface area contributed by atoms with Crippen molar-refractivity contribution in [1.29, 1.82) is 0 Å². The van der Waals surface area contributed by atoms with Crippen LogP contribution < -0.4 is 0 Å². The minimum atomic E-state index is -5.93. The second-order valence-electron chi connectivity index (χ2n) is 7.12. The van der Waals surface area contributed by atoms with Crippen LogP contribution in [-0.4, -0.2) is 25.7 Å². The molecule has 0 unspecified atom stereocenters. The van der Waals surface area contributed by atoms with Gasteiger partial charge in [-0.3, -0.25) is 4.79 Å². The summed E-state index contributed by atoms with van der Waals surface area (Å²) in [6.45, 7) is 0.729. The first-order valence-electron chi connectivity index (χ1n) is 9.11. The summed E-state index contributed by atoms with van der Waals surface area (Å²) in [5.74, 6) is -15.1. The molecule has 0 saturated carbocycles. The first kappa shape index (κ1) is 30.9. The minimum absolute atomic E-state index is 0. The summed E-state index contributed by atoms with van der Waals surface area (Å²) in [5.41, 5.74) is -13.0. The molecule has 211 valence electrons. The fourth-order valence-corrected chi connectivity index (χ4v) is 3.09. The van der Waals surface area contributed by atoms with Crippen LogP contribution in [0.4, 0.5) is 57.1 Å². The Morgan fingerprint density at radius 2 is 1.21 bits per heavy atom. The van der Waals surface area contributed by atoms with Crippen molar-refractivity contribution in [3.05, 3.63) is 69.2 Å². The topological polar surface area (TPSA) is 68.0 Å². The van der Waals surface area contributed by atoms with Gasteiger partial charge in [0, 0.05) is 22.6 Å². The van der Waals surface area contributed by atoms with Crippen molar-refractivity contribution in [2.24, 2.45) is 0 Å². The van der Waals surface area contributed by atoms with Crippen LogP contribution in [0, 0.1) is 30.2 Å². The third-order valence-electron chi connectivity index (χ3n) is 4.67. The summed E-state index contributed by atoms with van der Waals surface area (Å²) in [6.07, 6.45) is -16.9. The van der Waals surface area contributed by atoms with Gasteiger partial charge in [-0.1, -0.05) is 0 Å². The van der Waals surface area contributed by atoms with E-state index in [4.69, 9.17) is 0 Å². The SMILES string of the molecule is Cc1nn(-c2c(F)c(F)c(C(F)(F)F)c(F)c2F)c(O)c1C(=O)c1cc(C(F)(F)F)nc(C(F)(F)F)c1.[Cu]. The van der Waals surface area contributed by atoms with Crippen molar-refractivity contribution in [3.63, 3.8) is 0 Å². The van der Waals surface area contributed by atoms with Crippen molar-refractivity contribution in [1.82, 2.24) is 14.8 Å². The van der Waals surface area contributed by atoms with E-state index in [9.17, 15) is 67.0 Å². The second-order valence-corrected chi connectivity index (χ2v) is 7.12. The molecule has 2 aromatic heterocycles. The second kappa shape index (κ2) is 9.76. The summed E-state index contributed by atoms with van der Waals surface area (Å²) in [5, 5.41) is 13.4. The number of halogens is 13.